The van der Waals surface area contributed by atoms with Crippen LogP contribution in [0, 0.1) is 0 Å². The van der Waals surface area contributed by atoms with E-state index in [0.717, 1.165) is 5.39 Å². The highest BCUT2D eigenvalue weighted by atomic mass is 16.6. The monoisotopic (exact) mass is 392 g/mol. The van der Waals surface area contributed by atoms with E-state index in [1.165, 1.54) is 12.1 Å². The normalized spacial score (nSPS) is 12.0. The van der Waals surface area contributed by atoms with E-state index >= 15 is 0 Å². The van der Waals surface area contributed by atoms with Gasteiger partial charge in [0.2, 0.25) is 0 Å². The molecule has 0 bridgehead atoms. The number of ether oxygens (including phenoxy) is 2. The summed E-state index contributed by atoms with van der Waals surface area (Å²) in [6.07, 6.45) is -0.766. The van der Waals surface area contributed by atoms with E-state index in [2.05, 4.69) is 9.97 Å². The van der Waals surface area contributed by atoms with Crippen LogP contribution >= 0.6 is 0 Å². The SMILES string of the molecule is C[C@@H](OC(=O)COc1ccc2ccc(=O)oc2c1)c1nc2ccccc2c(=O)[nH]1. The average Bonchev–Trinajstić information content (AvgIpc) is 2.72. The number of H-pyrrole nitrogens is 1. The molecule has 0 radical (unpaired) electrons. The molecule has 0 amide bonds. The number of nitrogens with one attached hydrogen (secondary N) is 1. The second-order valence-corrected chi connectivity index (χ2v) is 6.34. The van der Waals surface area contributed by atoms with Gasteiger partial charge in [-0.1, -0.05) is 12.1 Å². The van der Waals surface area contributed by atoms with Crippen molar-refractivity contribution in [1.82, 2.24) is 9.97 Å². The number of carbonyl (C=O) groups is 1. The van der Waals surface area contributed by atoms with Gasteiger partial charge in [-0.2, -0.15) is 0 Å². The molecule has 8 heteroatoms. The van der Waals surface area contributed by atoms with Gasteiger partial charge in [0.25, 0.3) is 5.56 Å². The molecule has 8 nitrogen and oxygen atoms in total. The van der Waals surface area contributed by atoms with Crippen LogP contribution in [-0.2, 0) is 9.53 Å². The summed E-state index contributed by atoms with van der Waals surface area (Å²) in [5.74, 6) is -0.0360. The molecular formula is C21H16N2O6. The third-order valence-electron chi connectivity index (χ3n) is 4.28. The van der Waals surface area contributed by atoms with E-state index in [9.17, 15) is 14.4 Å². The zero-order valence-corrected chi connectivity index (χ0v) is 15.4. The smallest absolute Gasteiger partial charge is 0.344 e. The van der Waals surface area contributed by atoms with E-state index in [-0.39, 0.29) is 18.0 Å². The standard InChI is InChI=1S/C21H16N2O6/c1-12(20-22-16-5-3-2-4-15(16)21(26)23-20)28-19(25)11-27-14-8-6-13-7-9-18(24)29-17(13)10-14/h2-10,12H,11H2,1H3,(H,22,23,26)/t12-/m1/s1. The van der Waals surface area contributed by atoms with E-state index in [0.29, 0.717) is 22.2 Å². The molecule has 29 heavy (non-hydrogen) atoms. The van der Waals surface area contributed by atoms with Gasteiger partial charge >= 0.3 is 11.6 Å². The zero-order chi connectivity index (χ0) is 20.4. The minimum Gasteiger partial charge on any atom is -0.482 e. The van der Waals surface area contributed by atoms with Crippen molar-refractivity contribution in [2.45, 2.75) is 13.0 Å². The first kappa shape index (κ1) is 18.4. The van der Waals surface area contributed by atoms with Crippen molar-refractivity contribution < 1.29 is 18.7 Å². The van der Waals surface area contributed by atoms with Crippen LogP contribution in [0.25, 0.3) is 21.9 Å². The third kappa shape index (κ3) is 4.01. The Morgan fingerprint density at radius 3 is 2.79 bits per heavy atom. The minimum absolute atomic E-state index is 0.245. The summed E-state index contributed by atoms with van der Waals surface area (Å²) in [6, 6.07) is 14.8. The van der Waals surface area contributed by atoms with Crippen molar-refractivity contribution in [3.8, 4) is 5.75 Å². The molecule has 0 fully saturated rings. The molecule has 2 aromatic heterocycles. The molecule has 0 aliphatic heterocycles. The summed E-state index contributed by atoms with van der Waals surface area (Å²) in [6.45, 7) is 1.25. The Bertz CT molecular complexity index is 1320. The summed E-state index contributed by atoms with van der Waals surface area (Å²) in [5.41, 5.74) is 0.0971. The van der Waals surface area contributed by atoms with Crippen LogP contribution in [0.5, 0.6) is 5.75 Å². The van der Waals surface area contributed by atoms with Crippen LogP contribution in [0.1, 0.15) is 18.9 Å². The fourth-order valence-corrected chi connectivity index (χ4v) is 2.86. The lowest BCUT2D eigenvalue weighted by molar-refractivity contribution is -0.151. The fraction of sp³-hybridized carbons (Fsp3) is 0.143. The maximum atomic E-state index is 12.1. The summed E-state index contributed by atoms with van der Waals surface area (Å²) in [7, 11) is 0. The average molecular weight is 392 g/mol. The first-order chi connectivity index (χ1) is 14.0. The van der Waals surface area contributed by atoms with Gasteiger partial charge in [0, 0.05) is 17.5 Å². The minimum atomic E-state index is -0.766. The van der Waals surface area contributed by atoms with Crippen LogP contribution in [0.2, 0.25) is 0 Å². The number of benzene rings is 2. The Kier molecular flexibility index (Phi) is 4.82. The number of rotatable bonds is 5. The van der Waals surface area contributed by atoms with Gasteiger partial charge in [-0.3, -0.25) is 4.79 Å². The van der Waals surface area contributed by atoms with Crippen LogP contribution in [0.4, 0.5) is 0 Å². The van der Waals surface area contributed by atoms with E-state index in [1.807, 2.05) is 0 Å². The Hall–Kier alpha value is -3.94. The molecule has 0 spiro atoms. The van der Waals surface area contributed by atoms with Gasteiger partial charge in [0.1, 0.15) is 11.3 Å². The Balaban J connectivity index is 1.43. The number of carbonyl (C=O) groups excluding carboxylic acids is 1. The highest BCUT2D eigenvalue weighted by Gasteiger charge is 2.16. The highest BCUT2D eigenvalue weighted by Crippen LogP contribution is 2.20. The van der Waals surface area contributed by atoms with Gasteiger partial charge < -0.3 is 18.9 Å². The molecule has 1 atom stereocenters. The first-order valence-electron chi connectivity index (χ1n) is 8.85. The number of esters is 1. The number of hydrogen-bond acceptors (Lipinski definition) is 7. The highest BCUT2D eigenvalue weighted by molar-refractivity contribution is 5.78. The predicted octanol–water partition coefficient (Wildman–Crippen LogP) is 2.71. The number of fused-ring (bicyclic) bond motifs is 2. The van der Waals surface area contributed by atoms with Crippen molar-refractivity contribution in [2.75, 3.05) is 6.61 Å². The molecule has 2 aromatic carbocycles. The number of hydrogen-bond donors (Lipinski definition) is 1. The van der Waals surface area contributed by atoms with Crippen molar-refractivity contribution in [2.24, 2.45) is 0 Å². The molecule has 1 N–H and O–H groups in total. The Morgan fingerprint density at radius 2 is 1.93 bits per heavy atom. The summed E-state index contributed by atoms with van der Waals surface area (Å²) in [4.78, 5) is 42.5. The van der Waals surface area contributed by atoms with Crippen molar-refractivity contribution in [3.63, 3.8) is 0 Å². The van der Waals surface area contributed by atoms with Gasteiger partial charge in [-0.25, -0.2) is 14.6 Å². The number of para-hydroxylation sites is 1. The second-order valence-electron chi connectivity index (χ2n) is 6.34. The molecule has 0 saturated carbocycles. The largest absolute Gasteiger partial charge is 0.482 e. The zero-order valence-electron chi connectivity index (χ0n) is 15.4. The van der Waals surface area contributed by atoms with Gasteiger partial charge in [0.15, 0.2) is 18.5 Å². The molecule has 0 saturated heterocycles. The molecule has 2 heterocycles. The van der Waals surface area contributed by atoms with Crippen molar-refractivity contribution in [3.05, 3.63) is 81.2 Å². The van der Waals surface area contributed by atoms with Crippen LogP contribution in [0.3, 0.4) is 0 Å². The summed E-state index contributed by atoms with van der Waals surface area (Å²) in [5, 5.41) is 1.19. The van der Waals surface area contributed by atoms with Crippen molar-refractivity contribution in [1.29, 1.82) is 0 Å². The van der Waals surface area contributed by atoms with Crippen molar-refractivity contribution >= 4 is 27.8 Å². The predicted molar refractivity (Wildman–Crippen MR) is 105 cm³/mol. The first-order valence-corrected chi connectivity index (χ1v) is 8.85. The molecule has 0 aliphatic carbocycles. The van der Waals surface area contributed by atoms with E-state index in [4.69, 9.17) is 13.9 Å². The summed E-state index contributed by atoms with van der Waals surface area (Å²) >= 11 is 0. The van der Waals surface area contributed by atoms with Gasteiger partial charge in [-0.15, -0.1) is 0 Å². The Labute approximate surface area is 163 Å². The van der Waals surface area contributed by atoms with Crippen LogP contribution < -0.4 is 15.9 Å². The number of aromatic amines is 1. The van der Waals surface area contributed by atoms with E-state index in [1.54, 1.807) is 49.4 Å². The maximum absolute atomic E-state index is 12.1. The molecule has 146 valence electrons. The quantitative estimate of drug-likeness (QED) is 0.410. The topological polar surface area (TPSA) is 111 Å². The molecule has 4 rings (SSSR count). The molecule has 4 aromatic rings. The lowest BCUT2D eigenvalue weighted by atomic mass is 10.2. The molecular weight excluding hydrogens is 376 g/mol. The van der Waals surface area contributed by atoms with E-state index < -0.39 is 17.7 Å². The van der Waals surface area contributed by atoms with Gasteiger partial charge in [-0.05, 0) is 37.3 Å². The van der Waals surface area contributed by atoms with Crippen LogP contribution in [-0.4, -0.2) is 22.5 Å². The summed E-state index contributed by atoms with van der Waals surface area (Å²) < 4.78 is 15.8. The Morgan fingerprint density at radius 1 is 1.14 bits per heavy atom. The molecule has 0 aliphatic rings. The second kappa shape index (κ2) is 7.59. The maximum Gasteiger partial charge on any atom is 0.344 e. The van der Waals surface area contributed by atoms with Gasteiger partial charge in [0.05, 0.1) is 10.9 Å². The fourth-order valence-electron chi connectivity index (χ4n) is 2.86. The number of aromatic nitrogens is 2. The van der Waals surface area contributed by atoms with Crippen LogP contribution in [0.15, 0.2) is 68.6 Å². The lowest BCUT2D eigenvalue weighted by Crippen LogP contribution is -2.20. The lowest BCUT2D eigenvalue weighted by Gasteiger charge is -2.13. The number of nitrogens with zero attached hydrogens (tertiary/aromatic N) is 1. The third-order valence-corrected chi connectivity index (χ3v) is 4.28. The molecule has 0 unspecified atom stereocenters.